The molecule has 0 N–H and O–H groups in total. The number of hydrogen-bond acceptors (Lipinski definition) is 9. The highest BCUT2D eigenvalue weighted by molar-refractivity contribution is 7.34. The monoisotopic (exact) mass is 1320 g/mol. The van der Waals surface area contributed by atoms with Gasteiger partial charge in [0.25, 0.3) is 0 Å². The summed E-state index contributed by atoms with van der Waals surface area (Å²) in [6.45, 7) is 13.0. The minimum absolute atomic E-state index is 0.0501. The van der Waals surface area contributed by atoms with Crippen LogP contribution >= 0.6 is 45.3 Å². The van der Waals surface area contributed by atoms with E-state index < -0.39 is 16.4 Å². The van der Waals surface area contributed by atoms with Gasteiger partial charge in [-0.25, -0.2) is 0 Å². The van der Waals surface area contributed by atoms with E-state index >= 15 is 0 Å². The first-order valence-corrected chi connectivity index (χ1v) is 38.4. The Labute approximate surface area is 582 Å². The number of aryl methyl sites for hydroxylation is 4. The van der Waals surface area contributed by atoms with Crippen LogP contribution in [0.2, 0.25) is 0 Å². The molecule has 9 heteroatoms. The second kappa shape index (κ2) is 29.7. The Morgan fingerprint density at radius 2 is 0.811 bits per heavy atom. The van der Waals surface area contributed by atoms with Gasteiger partial charge >= 0.3 is 0 Å². The average Bonchev–Trinajstić information content (AvgIpc) is 1.49. The number of unbranched alkanes of at least 4 members (excludes halogenated alkanes) is 12. The molecule has 5 heterocycles. The minimum atomic E-state index is -0.949. The van der Waals surface area contributed by atoms with Crippen LogP contribution in [-0.4, -0.2) is 19.7 Å². The summed E-state index contributed by atoms with van der Waals surface area (Å²) in [5.74, 6) is 0.0501. The number of rotatable bonds is 29. The highest BCUT2D eigenvalue weighted by Gasteiger charge is 2.55. The van der Waals surface area contributed by atoms with Crippen LogP contribution in [0.4, 0.5) is 5.69 Å². The summed E-state index contributed by atoms with van der Waals surface area (Å²) < 4.78 is 9.03. The zero-order valence-electron chi connectivity index (χ0n) is 57.0. The zero-order chi connectivity index (χ0) is 66.3. The lowest BCUT2D eigenvalue weighted by Gasteiger charge is -2.34. The molecule has 0 unspecified atom stereocenters. The molecule has 484 valence electrons. The zero-order valence-corrected chi connectivity index (χ0v) is 60.2. The van der Waals surface area contributed by atoms with E-state index in [0.717, 1.165) is 30.6 Å². The Kier molecular flexibility index (Phi) is 21.0. The molecule has 0 radical (unpaired) electrons. The number of benzene rings is 5. The number of anilines is 1. The highest BCUT2D eigenvalue weighted by atomic mass is 32.1. The number of nitriles is 3. The van der Waals surface area contributed by atoms with E-state index in [1.165, 1.54) is 215 Å². The Balaban J connectivity index is 1.13. The lowest BCUT2D eigenvalue weighted by atomic mass is 9.67. The lowest BCUT2D eigenvalue weighted by Crippen LogP contribution is -2.29. The van der Waals surface area contributed by atoms with Crippen molar-refractivity contribution in [1.82, 2.24) is 0 Å². The SMILES string of the molecule is CCCCCCc1ccc(C2(c3ccc(CCCCCC)cc3)c3cc(/C=C/C4=C(C#N)C(=C(C#N)C#N)OC4(C)C)sc3-c3sc4c5c(sc4c32)-c2sc(/C=C/c3ccc(N(C)C)cc3)cc2C5(c2ccc(CCCCCC)cc2)c2ccc(CCCCCC)cc2)cc1. The molecule has 0 amide bonds. The number of nitrogens with zero attached hydrogens (tertiary/aromatic N) is 4. The van der Waals surface area contributed by atoms with Crippen LogP contribution < -0.4 is 4.90 Å². The fraction of sp³-hybridized carbons (Fsp3) is 0.360. The molecule has 1 aliphatic heterocycles. The summed E-state index contributed by atoms with van der Waals surface area (Å²) in [5.41, 5.74) is 16.9. The highest BCUT2D eigenvalue weighted by Crippen LogP contribution is 2.70. The van der Waals surface area contributed by atoms with Crippen molar-refractivity contribution in [3.63, 3.8) is 0 Å². The second-order valence-corrected chi connectivity index (χ2v) is 31.4. The number of ether oxygens (including phenoxy) is 1. The number of thiophene rings is 4. The number of fused-ring (bicyclic) bond motifs is 9. The first-order valence-electron chi connectivity index (χ1n) is 35.2. The summed E-state index contributed by atoms with van der Waals surface area (Å²) in [6.07, 6.45) is 32.6. The van der Waals surface area contributed by atoms with Crippen molar-refractivity contribution in [2.24, 2.45) is 0 Å². The molecule has 2 aliphatic carbocycles. The van der Waals surface area contributed by atoms with Gasteiger partial charge < -0.3 is 9.64 Å². The maximum Gasteiger partial charge on any atom is 0.172 e. The van der Waals surface area contributed by atoms with Crippen LogP contribution in [0.5, 0.6) is 0 Å². The van der Waals surface area contributed by atoms with Gasteiger partial charge in [0.05, 0.1) is 39.7 Å². The molecule has 0 bridgehead atoms. The van der Waals surface area contributed by atoms with E-state index in [2.05, 4.69) is 204 Å². The first kappa shape index (κ1) is 67.2. The topological polar surface area (TPSA) is 83.8 Å². The summed E-state index contributed by atoms with van der Waals surface area (Å²) in [7, 11) is 4.19. The van der Waals surface area contributed by atoms with Crippen molar-refractivity contribution in [2.75, 3.05) is 19.0 Å². The van der Waals surface area contributed by atoms with Gasteiger partial charge in [-0.15, -0.1) is 45.3 Å². The van der Waals surface area contributed by atoms with Gasteiger partial charge in [0, 0.05) is 46.2 Å². The first-order chi connectivity index (χ1) is 46.4. The van der Waals surface area contributed by atoms with E-state index in [9.17, 15) is 15.8 Å². The molecule has 3 aliphatic rings. The van der Waals surface area contributed by atoms with Crippen molar-refractivity contribution >= 4 is 78.7 Å². The smallest absolute Gasteiger partial charge is 0.172 e. The molecule has 0 fully saturated rings. The number of hydrogen-bond donors (Lipinski definition) is 0. The Bertz CT molecular complexity index is 4330. The fourth-order valence-electron chi connectivity index (χ4n) is 15.0. The molecule has 9 aromatic rings. The van der Waals surface area contributed by atoms with E-state index in [1.807, 2.05) is 77.4 Å². The quantitative estimate of drug-likeness (QED) is 0.0345. The van der Waals surface area contributed by atoms with Gasteiger partial charge in [0.2, 0.25) is 0 Å². The summed E-state index contributed by atoms with van der Waals surface area (Å²) >= 11 is 7.80. The molecular formula is C86H90N4OS4. The van der Waals surface area contributed by atoms with Crippen molar-refractivity contribution in [3.05, 3.63) is 244 Å². The van der Waals surface area contributed by atoms with Crippen molar-refractivity contribution in [3.8, 4) is 37.7 Å². The van der Waals surface area contributed by atoms with Gasteiger partial charge in [-0.1, -0.05) is 226 Å². The van der Waals surface area contributed by atoms with Crippen LogP contribution in [0.1, 0.15) is 226 Å². The molecule has 12 rings (SSSR count). The molecule has 0 atom stereocenters. The van der Waals surface area contributed by atoms with Gasteiger partial charge in [0.15, 0.2) is 11.3 Å². The third-order valence-electron chi connectivity index (χ3n) is 20.1. The van der Waals surface area contributed by atoms with Crippen LogP contribution in [0.15, 0.2) is 162 Å². The molecule has 5 aromatic carbocycles. The fourth-order valence-corrected chi connectivity index (χ4v) is 20.7. The van der Waals surface area contributed by atoms with Gasteiger partial charge in [-0.3, -0.25) is 0 Å². The molecule has 0 saturated heterocycles. The predicted molar refractivity (Wildman–Crippen MR) is 406 cm³/mol. The largest absolute Gasteiger partial charge is 0.480 e. The average molecular weight is 1320 g/mol. The minimum Gasteiger partial charge on any atom is -0.480 e. The molecule has 0 spiro atoms. The van der Waals surface area contributed by atoms with Crippen LogP contribution in [0, 0.1) is 34.0 Å². The molecular weight excluding hydrogens is 1230 g/mol. The standard InChI is InChI=1S/C86H90N4OS4/c1-9-13-17-21-25-58-29-40-64(41-30-58)85(65-42-31-59(32-43-65)26-22-18-14-10-2)73-53-69(50-39-62-37-48-68(49-38-62)90(7)8)92-78(73)80-75(85)82-83(94-80)76-81(95-82)79-74(54-70(93-79)51-52-72-71(57-89)77(63(55-87)56-88)91-84(72,5)6)86(76,66-44-33-60(34-45-66)27-23-19-15-11-3)67-46-35-61(36-47-67)28-24-20-16-12-4/h29-54H,9-28H2,1-8H3/b50-39+,52-51+. The Morgan fingerprint density at radius 1 is 0.442 bits per heavy atom. The number of allylic oxidation sites excluding steroid dienone is 2. The third kappa shape index (κ3) is 13.0. The molecule has 95 heavy (non-hydrogen) atoms. The van der Waals surface area contributed by atoms with E-state index in [4.69, 9.17) is 4.74 Å². The van der Waals surface area contributed by atoms with Crippen LogP contribution in [0.3, 0.4) is 0 Å². The maximum atomic E-state index is 10.7. The Morgan fingerprint density at radius 3 is 1.15 bits per heavy atom. The summed E-state index contributed by atoms with van der Waals surface area (Å²) in [5, 5.41) is 30.6. The Hall–Kier alpha value is -7.81. The van der Waals surface area contributed by atoms with E-state index in [0.29, 0.717) is 5.57 Å². The van der Waals surface area contributed by atoms with Crippen molar-refractivity contribution < 1.29 is 4.74 Å². The molecule has 4 aromatic heterocycles. The van der Waals surface area contributed by atoms with Crippen LogP contribution in [0.25, 0.3) is 47.1 Å². The third-order valence-corrected chi connectivity index (χ3v) is 25.2. The van der Waals surface area contributed by atoms with Gasteiger partial charge in [-0.05, 0) is 163 Å². The molecule has 5 nitrogen and oxygen atoms in total. The summed E-state index contributed by atoms with van der Waals surface area (Å²) in [6, 6.07) is 59.4. The van der Waals surface area contributed by atoms with Crippen molar-refractivity contribution in [1.29, 1.82) is 15.8 Å². The maximum absolute atomic E-state index is 10.7. The van der Waals surface area contributed by atoms with Gasteiger partial charge in [0.1, 0.15) is 29.4 Å². The lowest BCUT2D eigenvalue weighted by molar-refractivity contribution is 0.0954. The predicted octanol–water partition coefficient (Wildman–Crippen LogP) is 24.5. The molecule has 0 saturated carbocycles. The van der Waals surface area contributed by atoms with E-state index in [1.54, 1.807) is 0 Å². The van der Waals surface area contributed by atoms with Crippen LogP contribution in [-0.2, 0) is 41.3 Å². The normalized spacial score (nSPS) is 14.7. The summed E-state index contributed by atoms with van der Waals surface area (Å²) in [4.78, 5) is 9.79. The van der Waals surface area contributed by atoms with E-state index in [-0.39, 0.29) is 16.9 Å². The van der Waals surface area contributed by atoms with Crippen molar-refractivity contribution in [2.45, 2.75) is 186 Å². The van der Waals surface area contributed by atoms with Gasteiger partial charge in [-0.2, -0.15) is 15.8 Å². The second-order valence-electron chi connectivity index (χ2n) is 27.2.